The molecule has 0 unspecified atom stereocenters. The molecule has 18 heavy (non-hydrogen) atoms. The quantitative estimate of drug-likeness (QED) is 0.809. The number of nitriles is 1. The fourth-order valence-electron chi connectivity index (χ4n) is 1.63. The Morgan fingerprint density at radius 2 is 1.89 bits per heavy atom. The molecule has 0 fully saturated rings. The minimum absolute atomic E-state index is 0.474. The lowest BCUT2D eigenvalue weighted by atomic mass is 10.1. The van der Waals surface area contributed by atoms with Gasteiger partial charge in [-0.05, 0) is 54.4 Å². The van der Waals surface area contributed by atoms with Gasteiger partial charge in [-0.2, -0.15) is 5.26 Å². The number of aryl methyl sites for hydroxylation is 1. The molecule has 0 bridgehead atoms. The lowest BCUT2D eigenvalue weighted by Gasteiger charge is -2.09. The topological polar surface area (TPSA) is 33.0 Å². The van der Waals surface area contributed by atoms with Crippen molar-refractivity contribution in [2.75, 3.05) is 0 Å². The lowest BCUT2D eigenvalue weighted by molar-refractivity contribution is 0.472. The molecule has 0 amide bonds. The fourth-order valence-corrected chi connectivity index (χ4v) is 1.63. The molecular formula is C15H12FNO. The number of rotatable bonds is 3. The summed E-state index contributed by atoms with van der Waals surface area (Å²) in [6, 6.07) is 14.1. The minimum atomic E-state index is -0.474. The highest BCUT2D eigenvalue weighted by Crippen LogP contribution is 2.26. The third-order valence-electron chi connectivity index (χ3n) is 2.60. The third-order valence-corrected chi connectivity index (χ3v) is 2.60. The summed E-state index contributed by atoms with van der Waals surface area (Å²) in [5.74, 6) is 1.35. The van der Waals surface area contributed by atoms with Crippen LogP contribution in [0.3, 0.4) is 0 Å². The van der Waals surface area contributed by atoms with Gasteiger partial charge in [-0.15, -0.1) is 0 Å². The average molecular weight is 241 g/mol. The third kappa shape index (κ3) is 2.67. The molecule has 0 aliphatic rings. The van der Waals surface area contributed by atoms with Crippen molar-refractivity contribution in [2.45, 2.75) is 13.6 Å². The molecule has 0 saturated heterocycles. The van der Waals surface area contributed by atoms with E-state index in [0.29, 0.717) is 22.6 Å². The zero-order chi connectivity index (χ0) is 13.0. The van der Waals surface area contributed by atoms with Crippen molar-refractivity contribution in [1.82, 2.24) is 0 Å². The normalized spacial score (nSPS) is 9.83. The van der Waals surface area contributed by atoms with Gasteiger partial charge in [-0.25, -0.2) is 4.39 Å². The molecule has 2 nitrogen and oxygen atoms in total. The standard InChI is InChI=1S/C15H12FNO/c1-11-8-13(9-16)4-7-15(11)18-14-5-2-12(10-17)3-6-14/h2-8H,9H2,1H3. The van der Waals surface area contributed by atoms with Crippen LogP contribution < -0.4 is 4.74 Å². The van der Waals surface area contributed by atoms with Crippen LogP contribution in [0, 0.1) is 18.3 Å². The summed E-state index contributed by atoms with van der Waals surface area (Å²) >= 11 is 0. The number of ether oxygens (including phenoxy) is 1. The van der Waals surface area contributed by atoms with Crippen LogP contribution in [-0.4, -0.2) is 0 Å². The van der Waals surface area contributed by atoms with Crippen molar-refractivity contribution >= 4 is 0 Å². The first-order valence-electron chi connectivity index (χ1n) is 5.56. The molecular weight excluding hydrogens is 229 g/mol. The van der Waals surface area contributed by atoms with E-state index >= 15 is 0 Å². The van der Waals surface area contributed by atoms with Gasteiger partial charge in [0, 0.05) is 0 Å². The zero-order valence-electron chi connectivity index (χ0n) is 9.98. The SMILES string of the molecule is Cc1cc(CF)ccc1Oc1ccc(C#N)cc1. The van der Waals surface area contributed by atoms with E-state index in [9.17, 15) is 4.39 Å². The van der Waals surface area contributed by atoms with E-state index in [1.165, 1.54) is 0 Å². The summed E-state index contributed by atoms with van der Waals surface area (Å²) in [7, 11) is 0. The summed E-state index contributed by atoms with van der Waals surface area (Å²) in [6.45, 7) is 1.40. The molecule has 0 aliphatic carbocycles. The first kappa shape index (κ1) is 12.1. The fraction of sp³-hybridized carbons (Fsp3) is 0.133. The van der Waals surface area contributed by atoms with Crippen molar-refractivity contribution in [1.29, 1.82) is 5.26 Å². The average Bonchev–Trinajstić information content (AvgIpc) is 2.42. The zero-order valence-corrected chi connectivity index (χ0v) is 9.98. The van der Waals surface area contributed by atoms with Gasteiger partial charge in [-0.1, -0.05) is 6.07 Å². The Bertz CT molecular complexity index is 584. The Morgan fingerprint density at radius 3 is 2.44 bits per heavy atom. The van der Waals surface area contributed by atoms with Crippen molar-refractivity contribution in [3.05, 3.63) is 59.2 Å². The van der Waals surface area contributed by atoms with E-state index in [-0.39, 0.29) is 0 Å². The van der Waals surface area contributed by atoms with Gasteiger partial charge in [0.25, 0.3) is 0 Å². The van der Waals surface area contributed by atoms with E-state index in [1.54, 1.807) is 42.5 Å². The molecule has 3 heteroatoms. The molecule has 0 spiro atoms. The summed E-state index contributed by atoms with van der Waals surface area (Å²) < 4.78 is 18.2. The van der Waals surface area contributed by atoms with E-state index in [2.05, 4.69) is 0 Å². The number of nitrogens with zero attached hydrogens (tertiary/aromatic N) is 1. The molecule has 0 saturated carbocycles. The lowest BCUT2D eigenvalue weighted by Crippen LogP contribution is -1.89. The highest BCUT2D eigenvalue weighted by atomic mass is 19.1. The van der Waals surface area contributed by atoms with Crippen molar-refractivity contribution in [3.8, 4) is 17.6 Å². The molecule has 0 aromatic heterocycles. The summed E-state index contributed by atoms with van der Waals surface area (Å²) in [6.07, 6.45) is 0. The molecule has 2 aromatic rings. The van der Waals surface area contributed by atoms with E-state index in [4.69, 9.17) is 10.00 Å². The Morgan fingerprint density at radius 1 is 1.17 bits per heavy atom. The van der Waals surface area contributed by atoms with Crippen LogP contribution in [0.5, 0.6) is 11.5 Å². The van der Waals surface area contributed by atoms with Crippen LogP contribution in [0.2, 0.25) is 0 Å². The monoisotopic (exact) mass is 241 g/mol. The molecule has 2 rings (SSSR count). The van der Waals surface area contributed by atoms with Crippen LogP contribution in [-0.2, 0) is 6.67 Å². The predicted octanol–water partition coefficient (Wildman–Crippen LogP) is 4.13. The Hall–Kier alpha value is -2.34. The van der Waals surface area contributed by atoms with Crippen LogP contribution >= 0.6 is 0 Å². The van der Waals surface area contributed by atoms with Gasteiger partial charge in [0.1, 0.15) is 18.2 Å². The second-order valence-corrected chi connectivity index (χ2v) is 3.97. The second kappa shape index (κ2) is 5.33. The summed E-state index contributed by atoms with van der Waals surface area (Å²) in [5, 5.41) is 8.69. The maximum absolute atomic E-state index is 12.5. The maximum atomic E-state index is 12.5. The molecule has 0 heterocycles. The highest BCUT2D eigenvalue weighted by molar-refractivity contribution is 5.41. The smallest absolute Gasteiger partial charge is 0.130 e. The first-order chi connectivity index (χ1) is 8.72. The molecule has 0 atom stereocenters. The van der Waals surface area contributed by atoms with Crippen LogP contribution in [0.1, 0.15) is 16.7 Å². The molecule has 0 aliphatic heterocycles. The van der Waals surface area contributed by atoms with Crippen LogP contribution in [0.15, 0.2) is 42.5 Å². The van der Waals surface area contributed by atoms with E-state index in [1.807, 2.05) is 13.0 Å². The number of halogens is 1. The van der Waals surface area contributed by atoms with Crippen molar-refractivity contribution < 1.29 is 9.13 Å². The van der Waals surface area contributed by atoms with Gasteiger partial charge >= 0.3 is 0 Å². The van der Waals surface area contributed by atoms with Crippen LogP contribution in [0.25, 0.3) is 0 Å². The van der Waals surface area contributed by atoms with E-state index < -0.39 is 6.67 Å². The highest BCUT2D eigenvalue weighted by Gasteiger charge is 2.03. The Kier molecular flexibility index (Phi) is 3.59. The number of alkyl halides is 1. The van der Waals surface area contributed by atoms with Crippen LogP contribution in [0.4, 0.5) is 4.39 Å². The second-order valence-electron chi connectivity index (χ2n) is 3.97. The number of benzene rings is 2. The van der Waals surface area contributed by atoms with Gasteiger partial charge in [0.15, 0.2) is 0 Å². The summed E-state index contributed by atoms with van der Waals surface area (Å²) in [4.78, 5) is 0. The van der Waals surface area contributed by atoms with Gasteiger partial charge in [-0.3, -0.25) is 0 Å². The predicted molar refractivity (Wildman–Crippen MR) is 67.2 cm³/mol. The molecule has 2 aromatic carbocycles. The maximum Gasteiger partial charge on any atom is 0.130 e. The summed E-state index contributed by atoms with van der Waals surface area (Å²) in [5.41, 5.74) is 2.11. The largest absolute Gasteiger partial charge is 0.457 e. The first-order valence-corrected chi connectivity index (χ1v) is 5.56. The van der Waals surface area contributed by atoms with Gasteiger partial charge < -0.3 is 4.74 Å². The Labute approximate surface area is 105 Å². The van der Waals surface area contributed by atoms with E-state index in [0.717, 1.165) is 5.56 Å². The molecule has 0 N–H and O–H groups in total. The Balaban J connectivity index is 2.20. The minimum Gasteiger partial charge on any atom is -0.457 e. The van der Waals surface area contributed by atoms with Crippen molar-refractivity contribution in [3.63, 3.8) is 0 Å². The molecule has 0 radical (unpaired) electrons. The van der Waals surface area contributed by atoms with Gasteiger partial charge in [0.05, 0.1) is 11.6 Å². The number of hydrogen-bond donors (Lipinski definition) is 0. The number of hydrogen-bond acceptors (Lipinski definition) is 2. The van der Waals surface area contributed by atoms with Crippen molar-refractivity contribution in [2.24, 2.45) is 0 Å². The van der Waals surface area contributed by atoms with Gasteiger partial charge in [0.2, 0.25) is 0 Å². The molecule has 90 valence electrons.